The molecule has 1 aromatic heterocycles. The third-order valence-corrected chi connectivity index (χ3v) is 9.27. The normalized spacial score (nSPS) is 16.8. The molecule has 2 heterocycles. The SMILES string of the molecule is C=Nc1cc(C2=CCC(CCN(CCOC)C(=O)C(CC)CCC)C=N2)sc1C(=CC)Oc1ccc(NC(=O)NC2CC2)cc1F. The number of hydrogen-bond donors (Lipinski definition) is 2. The summed E-state index contributed by atoms with van der Waals surface area (Å²) in [6, 6.07) is 6.09. The second-order valence-corrected chi connectivity index (χ2v) is 12.7. The fourth-order valence-corrected chi connectivity index (χ4v) is 6.40. The van der Waals surface area contributed by atoms with E-state index in [9.17, 15) is 9.59 Å². The van der Waals surface area contributed by atoms with E-state index in [0.717, 1.165) is 55.5 Å². The summed E-state index contributed by atoms with van der Waals surface area (Å²) >= 11 is 1.45. The van der Waals surface area contributed by atoms with E-state index >= 15 is 4.39 Å². The number of halogens is 1. The minimum atomic E-state index is -0.600. The van der Waals surface area contributed by atoms with Gasteiger partial charge in [-0.25, -0.2) is 9.18 Å². The number of hydrogen-bond acceptors (Lipinski definition) is 7. The lowest BCUT2D eigenvalue weighted by atomic mass is 9.97. The summed E-state index contributed by atoms with van der Waals surface area (Å²) in [5.41, 5.74) is 1.79. The molecule has 2 unspecified atom stereocenters. The van der Waals surface area contributed by atoms with E-state index < -0.39 is 5.82 Å². The Morgan fingerprint density at radius 3 is 2.67 bits per heavy atom. The fraction of sp³-hybridized carbons (Fsp3) is 0.486. The predicted octanol–water partition coefficient (Wildman–Crippen LogP) is 8.07. The lowest BCUT2D eigenvalue weighted by molar-refractivity contribution is -0.136. The Morgan fingerprint density at radius 2 is 2.07 bits per heavy atom. The van der Waals surface area contributed by atoms with Crippen LogP contribution in [0.15, 0.2) is 46.4 Å². The molecule has 9 nitrogen and oxygen atoms in total. The van der Waals surface area contributed by atoms with Gasteiger partial charge in [-0.15, -0.1) is 11.3 Å². The quantitative estimate of drug-likeness (QED) is 0.133. The van der Waals surface area contributed by atoms with E-state index in [1.807, 2.05) is 24.1 Å². The molecule has 3 amide bonds. The molecule has 1 saturated carbocycles. The molecule has 1 fully saturated rings. The summed E-state index contributed by atoms with van der Waals surface area (Å²) in [5, 5.41) is 5.47. The predicted molar refractivity (Wildman–Crippen MR) is 186 cm³/mol. The molecule has 0 bridgehead atoms. The molecule has 0 spiro atoms. The van der Waals surface area contributed by atoms with Gasteiger partial charge in [-0.2, -0.15) is 0 Å². The average Bonchev–Trinajstić information content (AvgIpc) is 3.77. The molecule has 0 saturated heterocycles. The first kappa shape index (κ1) is 35.0. The Labute approximate surface area is 275 Å². The van der Waals surface area contributed by atoms with Crippen LogP contribution in [0.25, 0.3) is 11.5 Å². The molecule has 11 heteroatoms. The molecule has 2 atom stereocenters. The molecular weight excluding hydrogens is 605 g/mol. The van der Waals surface area contributed by atoms with Crippen molar-refractivity contribution in [2.24, 2.45) is 21.8 Å². The third kappa shape index (κ3) is 9.59. The topological polar surface area (TPSA) is 105 Å². The van der Waals surface area contributed by atoms with Gasteiger partial charge in [0.2, 0.25) is 5.91 Å². The summed E-state index contributed by atoms with van der Waals surface area (Å²) in [6.07, 6.45) is 12.1. The molecule has 2 aromatic rings. The van der Waals surface area contributed by atoms with Crippen LogP contribution in [0.4, 0.5) is 20.6 Å². The number of carbonyl (C=O) groups is 2. The van der Waals surface area contributed by atoms with Gasteiger partial charge in [0.25, 0.3) is 0 Å². The van der Waals surface area contributed by atoms with Crippen LogP contribution in [0.3, 0.4) is 0 Å². The van der Waals surface area contributed by atoms with Gasteiger partial charge in [0, 0.05) is 50.1 Å². The molecule has 2 N–H and O–H groups in total. The minimum Gasteiger partial charge on any atom is -0.453 e. The van der Waals surface area contributed by atoms with Crippen LogP contribution in [-0.2, 0) is 9.53 Å². The van der Waals surface area contributed by atoms with E-state index in [4.69, 9.17) is 14.5 Å². The van der Waals surface area contributed by atoms with Gasteiger partial charge in [0.15, 0.2) is 11.6 Å². The Hall–Kier alpha value is -3.83. The number of benzene rings is 1. The van der Waals surface area contributed by atoms with E-state index in [-0.39, 0.29) is 35.6 Å². The molecule has 2 aliphatic rings. The Morgan fingerprint density at radius 1 is 1.26 bits per heavy atom. The molecule has 248 valence electrons. The van der Waals surface area contributed by atoms with Gasteiger partial charge in [0.05, 0.1) is 27.7 Å². The first-order valence-corrected chi connectivity index (χ1v) is 17.0. The largest absolute Gasteiger partial charge is 0.453 e. The molecule has 4 rings (SSSR count). The zero-order chi connectivity index (χ0) is 33.1. The lowest BCUT2D eigenvalue weighted by Crippen LogP contribution is -2.39. The minimum absolute atomic E-state index is 0.0296. The Bertz CT molecular complexity index is 1460. The highest BCUT2D eigenvalue weighted by Crippen LogP contribution is 2.41. The Kier molecular flexibility index (Phi) is 13.1. The number of carbonyl (C=O) groups excluding carboxylic acids is 2. The highest BCUT2D eigenvalue weighted by molar-refractivity contribution is 7.14. The monoisotopic (exact) mass is 651 g/mol. The highest BCUT2D eigenvalue weighted by Gasteiger charge is 2.25. The number of nitrogens with zero attached hydrogens (tertiary/aromatic N) is 3. The number of nitrogens with one attached hydrogen (secondary N) is 2. The zero-order valence-corrected chi connectivity index (χ0v) is 28.1. The van der Waals surface area contributed by atoms with Crippen LogP contribution in [0, 0.1) is 17.7 Å². The summed E-state index contributed by atoms with van der Waals surface area (Å²) in [4.78, 5) is 37.8. The summed E-state index contributed by atoms with van der Waals surface area (Å²) in [7, 11) is 1.66. The van der Waals surface area contributed by atoms with Crippen molar-refractivity contribution in [1.29, 1.82) is 0 Å². The van der Waals surface area contributed by atoms with E-state index in [2.05, 4.69) is 42.3 Å². The van der Waals surface area contributed by atoms with Crippen molar-refractivity contribution in [3.8, 4) is 5.75 Å². The number of rotatable bonds is 17. The molecule has 46 heavy (non-hydrogen) atoms. The maximum Gasteiger partial charge on any atom is 0.319 e. The summed E-state index contributed by atoms with van der Waals surface area (Å²) in [5.74, 6) is 0.361. The smallest absolute Gasteiger partial charge is 0.319 e. The third-order valence-electron chi connectivity index (χ3n) is 8.11. The summed E-state index contributed by atoms with van der Waals surface area (Å²) < 4.78 is 26.3. The number of allylic oxidation sites excluding steroid dienone is 2. The highest BCUT2D eigenvalue weighted by atomic mass is 32.1. The maximum absolute atomic E-state index is 15.0. The first-order chi connectivity index (χ1) is 22.3. The summed E-state index contributed by atoms with van der Waals surface area (Å²) in [6.45, 7) is 11.5. The van der Waals surface area contributed by atoms with Crippen LogP contribution < -0.4 is 15.4 Å². The standard InChI is InChI=1S/C35H46FN5O4S/c1-6-9-24(7-2)34(42)41(18-19-44-5)17-16-23-10-14-28(38-22-23)32-21-29(37-4)33(46-32)30(8-3)45-31-15-13-26(20-27(31)36)40-35(43)39-25-11-12-25/h8,13-15,20-25H,4,6-7,9-12,16-19H2,1-3,5H3,(H2,39,40,43). The van der Waals surface area contributed by atoms with E-state index in [1.165, 1.54) is 23.5 Å². The molecule has 1 aliphatic heterocycles. The van der Waals surface area contributed by atoms with Crippen molar-refractivity contribution in [2.75, 3.05) is 32.1 Å². The lowest BCUT2D eigenvalue weighted by Gasteiger charge is -2.28. The van der Waals surface area contributed by atoms with Crippen molar-refractivity contribution in [3.63, 3.8) is 0 Å². The molecule has 1 aromatic carbocycles. The van der Waals surface area contributed by atoms with E-state index in [0.29, 0.717) is 41.7 Å². The molecular formula is C35H46FN5O4S. The van der Waals surface area contributed by atoms with Crippen LogP contribution in [0.5, 0.6) is 5.75 Å². The fourth-order valence-electron chi connectivity index (χ4n) is 5.28. The van der Waals surface area contributed by atoms with Gasteiger partial charge in [-0.1, -0.05) is 26.3 Å². The van der Waals surface area contributed by atoms with Gasteiger partial charge >= 0.3 is 6.03 Å². The van der Waals surface area contributed by atoms with Gasteiger partial charge in [-0.05, 0) is 82.4 Å². The Balaban J connectivity index is 1.39. The zero-order valence-electron chi connectivity index (χ0n) is 27.3. The van der Waals surface area contributed by atoms with Crippen molar-refractivity contribution >= 4 is 59.0 Å². The molecule has 0 radical (unpaired) electrons. The van der Waals surface area contributed by atoms with Gasteiger partial charge < -0.3 is 25.0 Å². The maximum atomic E-state index is 15.0. The second-order valence-electron chi connectivity index (χ2n) is 11.6. The van der Waals surface area contributed by atoms with Crippen LogP contribution in [0.1, 0.15) is 75.5 Å². The molecule has 1 aliphatic carbocycles. The van der Waals surface area contributed by atoms with Crippen molar-refractivity contribution in [3.05, 3.63) is 52.0 Å². The number of amides is 3. The number of ether oxygens (including phenoxy) is 2. The van der Waals surface area contributed by atoms with Crippen LogP contribution in [-0.4, -0.2) is 62.6 Å². The van der Waals surface area contributed by atoms with Gasteiger partial charge in [0.1, 0.15) is 5.76 Å². The number of aliphatic imine (C=N–C) groups is 2. The van der Waals surface area contributed by atoms with Crippen molar-refractivity contribution < 1.29 is 23.5 Å². The first-order valence-electron chi connectivity index (χ1n) is 16.1. The van der Waals surface area contributed by atoms with Gasteiger partial charge in [-0.3, -0.25) is 14.8 Å². The number of urea groups is 1. The van der Waals surface area contributed by atoms with Crippen LogP contribution >= 0.6 is 11.3 Å². The van der Waals surface area contributed by atoms with Crippen molar-refractivity contribution in [1.82, 2.24) is 10.2 Å². The number of thiophene rings is 1. The second kappa shape index (κ2) is 17.2. The van der Waals surface area contributed by atoms with Crippen molar-refractivity contribution in [2.45, 2.75) is 71.8 Å². The van der Waals surface area contributed by atoms with Crippen LogP contribution in [0.2, 0.25) is 0 Å². The number of methoxy groups -OCH3 is 1. The van der Waals surface area contributed by atoms with E-state index in [1.54, 1.807) is 19.3 Å². The average molecular weight is 652 g/mol. The number of anilines is 1.